The number of aromatic nitrogens is 2. The van der Waals surface area contributed by atoms with Gasteiger partial charge in [-0.05, 0) is 39.0 Å². The molecule has 0 spiro atoms. The number of alkyl carbamates (subject to hydrolysis) is 1. The van der Waals surface area contributed by atoms with Gasteiger partial charge in [0.05, 0.1) is 6.33 Å². The molecule has 5 heteroatoms. The highest BCUT2D eigenvalue weighted by Crippen LogP contribution is 2.39. The third-order valence-corrected chi connectivity index (χ3v) is 3.56. The summed E-state index contributed by atoms with van der Waals surface area (Å²) in [5, 5.41) is 2.78. The summed E-state index contributed by atoms with van der Waals surface area (Å²) in [6.45, 7) is 9.48. The molecule has 1 N–H and O–H groups in total. The molecule has 0 bridgehead atoms. The van der Waals surface area contributed by atoms with E-state index >= 15 is 0 Å². The second-order valence-electron chi connectivity index (χ2n) is 6.69. The Morgan fingerprint density at radius 1 is 1.55 bits per heavy atom. The summed E-state index contributed by atoms with van der Waals surface area (Å²) in [7, 11) is 0. The van der Waals surface area contributed by atoms with Gasteiger partial charge in [0.1, 0.15) is 5.60 Å². The minimum absolute atomic E-state index is 0.362. The number of ether oxygens (including phenoxy) is 1. The monoisotopic (exact) mass is 279 g/mol. The quantitative estimate of drug-likeness (QED) is 0.901. The van der Waals surface area contributed by atoms with Gasteiger partial charge in [-0.1, -0.05) is 6.92 Å². The van der Waals surface area contributed by atoms with Crippen molar-refractivity contribution in [1.29, 1.82) is 0 Å². The van der Waals surface area contributed by atoms with Crippen LogP contribution in [0.5, 0.6) is 0 Å². The fraction of sp³-hybridized carbons (Fsp3) is 0.733. The maximum Gasteiger partial charge on any atom is 0.407 e. The number of nitrogens with zero attached hydrogens (tertiary/aromatic N) is 2. The van der Waals surface area contributed by atoms with Gasteiger partial charge in [-0.25, -0.2) is 9.78 Å². The largest absolute Gasteiger partial charge is 0.444 e. The minimum atomic E-state index is -0.450. The third kappa shape index (κ3) is 4.54. The van der Waals surface area contributed by atoms with E-state index < -0.39 is 5.60 Å². The molecule has 1 aliphatic rings. The molecule has 1 amide bonds. The SMILES string of the molecule is CC1CC1Cn1cncc1CCNC(=O)OC(C)(C)C. The first-order chi connectivity index (χ1) is 9.35. The molecule has 1 heterocycles. The smallest absolute Gasteiger partial charge is 0.407 e. The third-order valence-electron chi connectivity index (χ3n) is 3.56. The highest BCUT2D eigenvalue weighted by atomic mass is 16.6. The normalized spacial score (nSPS) is 21.6. The molecule has 0 aromatic carbocycles. The van der Waals surface area contributed by atoms with E-state index in [9.17, 15) is 4.79 Å². The average Bonchev–Trinajstić information content (AvgIpc) is 2.82. The van der Waals surface area contributed by atoms with E-state index in [0.29, 0.717) is 6.54 Å². The minimum Gasteiger partial charge on any atom is -0.444 e. The van der Waals surface area contributed by atoms with E-state index in [1.165, 1.54) is 12.1 Å². The molecule has 2 rings (SSSR count). The molecule has 1 fully saturated rings. The molecule has 1 aliphatic carbocycles. The number of amides is 1. The van der Waals surface area contributed by atoms with Crippen LogP contribution in [0.2, 0.25) is 0 Å². The standard InChI is InChI=1S/C15H25N3O2/c1-11-7-12(11)9-18-10-16-8-13(18)5-6-17-14(19)20-15(2,3)4/h8,10-12H,5-7,9H2,1-4H3,(H,17,19). The Morgan fingerprint density at radius 2 is 2.25 bits per heavy atom. The maximum atomic E-state index is 11.5. The van der Waals surface area contributed by atoms with Gasteiger partial charge in [0, 0.05) is 31.4 Å². The van der Waals surface area contributed by atoms with Crippen molar-refractivity contribution in [3.8, 4) is 0 Å². The van der Waals surface area contributed by atoms with E-state index in [4.69, 9.17) is 4.74 Å². The summed E-state index contributed by atoms with van der Waals surface area (Å²) in [6, 6.07) is 0. The first kappa shape index (κ1) is 14.9. The van der Waals surface area contributed by atoms with Crippen LogP contribution in [0.4, 0.5) is 4.79 Å². The lowest BCUT2D eigenvalue weighted by molar-refractivity contribution is 0.0528. The van der Waals surface area contributed by atoms with Crippen LogP contribution in [0.1, 0.15) is 39.8 Å². The van der Waals surface area contributed by atoms with Gasteiger partial charge in [-0.2, -0.15) is 0 Å². The van der Waals surface area contributed by atoms with E-state index in [1.54, 1.807) is 0 Å². The molecule has 112 valence electrons. The van der Waals surface area contributed by atoms with E-state index in [0.717, 1.165) is 24.8 Å². The van der Waals surface area contributed by atoms with Crippen LogP contribution < -0.4 is 5.32 Å². The molecular formula is C15H25N3O2. The first-order valence-electron chi connectivity index (χ1n) is 7.31. The molecule has 1 saturated carbocycles. The van der Waals surface area contributed by atoms with Gasteiger partial charge in [0.15, 0.2) is 0 Å². The molecule has 1 aromatic rings. The molecule has 2 atom stereocenters. The van der Waals surface area contributed by atoms with Crippen molar-refractivity contribution in [1.82, 2.24) is 14.9 Å². The summed E-state index contributed by atoms with van der Waals surface area (Å²) in [4.78, 5) is 15.8. The summed E-state index contributed by atoms with van der Waals surface area (Å²) in [5.41, 5.74) is 0.716. The maximum absolute atomic E-state index is 11.5. The predicted molar refractivity (Wildman–Crippen MR) is 77.4 cm³/mol. The Balaban J connectivity index is 1.74. The van der Waals surface area contributed by atoms with Gasteiger partial charge in [-0.3, -0.25) is 0 Å². The molecule has 0 aliphatic heterocycles. The Hall–Kier alpha value is -1.52. The Morgan fingerprint density at radius 3 is 2.85 bits per heavy atom. The van der Waals surface area contributed by atoms with Gasteiger partial charge in [0.25, 0.3) is 0 Å². The van der Waals surface area contributed by atoms with Crippen LogP contribution in [0.25, 0.3) is 0 Å². The van der Waals surface area contributed by atoms with Crippen molar-refractivity contribution in [2.45, 2.75) is 52.7 Å². The molecule has 20 heavy (non-hydrogen) atoms. The molecule has 5 nitrogen and oxygen atoms in total. The Labute approximate surface area is 120 Å². The van der Waals surface area contributed by atoms with E-state index in [1.807, 2.05) is 33.3 Å². The number of hydrogen-bond donors (Lipinski definition) is 1. The van der Waals surface area contributed by atoms with Crippen LogP contribution in [0.3, 0.4) is 0 Å². The lowest BCUT2D eigenvalue weighted by Gasteiger charge is -2.19. The molecule has 0 radical (unpaired) electrons. The van der Waals surface area contributed by atoms with E-state index in [-0.39, 0.29) is 6.09 Å². The Bertz CT molecular complexity index is 462. The first-order valence-corrected chi connectivity index (χ1v) is 7.31. The van der Waals surface area contributed by atoms with Crippen molar-refractivity contribution < 1.29 is 9.53 Å². The highest BCUT2D eigenvalue weighted by Gasteiger charge is 2.32. The summed E-state index contributed by atoms with van der Waals surface area (Å²) >= 11 is 0. The van der Waals surface area contributed by atoms with Crippen molar-refractivity contribution in [3.05, 3.63) is 18.2 Å². The van der Waals surface area contributed by atoms with Crippen LogP contribution in [-0.4, -0.2) is 27.8 Å². The molecule has 2 unspecified atom stereocenters. The van der Waals surface area contributed by atoms with Crippen LogP contribution in [0, 0.1) is 11.8 Å². The van der Waals surface area contributed by atoms with E-state index in [2.05, 4.69) is 21.8 Å². The zero-order valence-corrected chi connectivity index (χ0v) is 12.8. The number of rotatable bonds is 5. The summed E-state index contributed by atoms with van der Waals surface area (Å²) < 4.78 is 7.40. The van der Waals surface area contributed by atoms with Gasteiger partial charge < -0.3 is 14.6 Å². The zero-order chi connectivity index (χ0) is 14.8. The topological polar surface area (TPSA) is 56.2 Å². The van der Waals surface area contributed by atoms with Gasteiger partial charge >= 0.3 is 6.09 Å². The second kappa shape index (κ2) is 5.85. The number of carbonyl (C=O) groups excluding carboxylic acids is 1. The zero-order valence-electron chi connectivity index (χ0n) is 12.8. The van der Waals surface area contributed by atoms with Gasteiger partial charge in [0.2, 0.25) is 0 Å². The lowest BCUT2D eigenvalue weighted by Crippen LogP contribution is -2.33. The lowest BCUT2D eigenvalue weighted by atomic mass is 10.2. The van der Waals surface area contributed by atoms with Crippen molar-refractivity contribution in [2.75, 3.05) is 6.54 Å². The fourth-order valence-electron chi connectivity index (χ4n) is 2.23. The number of nitrogens with one attached hydrogen (secondary N) is 1. The van der Waals surface area contributed by atoms with Gasteiger partial charge in [-0.15, -0.1) is 0 Å². The number of imidazole rings is 1. The summed E-state index contributed by atoms with van der Waals surface area (Å²) in [5.74, 6) is 1.63. The van der Waals surface area contributed by atoms with Crippen molar-refractivity contribution >= 4 is 6.09 Å². The van der Waals surface area contributed by atoms with Crippen molar-refractivity contribution in [2.24, 2.45) is 11.8 Å². The molecular weight excluding hydrogens is 254 g/mol. The van der Waals surface area contributed by atoms with Crippen LogP contribution in [-0.2, 0) is 17.7 Å². The van der Waals surface area contributed by atoms with Crippen LogP contribution >= 0.6 is 0 Å². The summed E-state index contributed by atoms with van der Waals surface area (Å²) in [6.07, 6.45) is 5.49. The number of carbonyl (C=O) groups is 1. The highest BCUT2D eigenvalue weighted by molar-refractivity contribution is 5.67. The second-order valence-corrected chi connectivity index (χ2v) is 6.69. The fourth-order valence-corrected chi connectivity index (χ4v) is 2.23. The Kier molecular flexibility index (Phi) is 4.35. The van der Waals surface area contributed by atoms with Crippen LogP contribution in [0.15, 0.2) is 12.5 Å². The molecule has 0 saturated heterocycles. The number of hydrogen-bond acceptors (Lipinski definition) is 3. The molecule has 1 aromatic heterocycles. The van der Waals surface area contributed by atoms with Crippen molar-refractivity contribution in [3.63, 3.8) is 0 Å². The average molecular weight is 279 g/mol. The predicted octanol–water partition coefficient (Wildman–Crippen LogP) is 2.61.